The van der Waals surface area contributed by atoms with Crippen LogP contribution < -0.4 is 5.32 Å². The molecule has 1 aromatic rings. The number of aliphatic hydroxyl groups is 1. The van der Waals surface area contributed by atoms with Gasteiger partial charge in [-0.25, -0.2) is 13.8 Å². The summed E-state index contributed by atoms with van der Waals surface area (Å²) < 4.78 is 51.0. The highest BCUT2D eigenvalue weighted by Gasteiger charge is 2.41. The van der Waals surface area contributed by atoms with Crippen molar-refractivity contribution in [2.24, 2.45) is 0 Å². The number of nitrogens with one attached hydrogen (secondary N) is 1. The van der Waals surface area contributed by atoms with E-state index in [0.717, 1.165) is 0 Å². The summed E-state index contributed by atoms with van der Waals surface area (Å²) in [6.45, 7) is 5.54. The molecule has 154 valence electrons. The fourth-order valence-electron chi connectivity index (χ4n) is 2.85. The van der Waals surface area contributed by atoms with Crippen molar-refractivity contribution in [2.45, 2.75) is 45.0 Å². The summed E-state index contributed by atoms with van der Waals surface area (Å²) in [6.07, 6.45) is -2.76. The molecule has 0 fully saturated rings. The molecule has 2 unspecified atom stereocenters. The summed E-state index contributed by atoms with van der Waals surface area (Å²) in [6, 6.07) is 0.756. The van der Waals surface area contributed by atoms with Gasteiger partial charge in [0.15, 0.2) is 0 Å². The second-order valence-corrected chi connectivity index (χ2v) is 6.93. The predicted molar refractivity (Wildman–Crippen MR) is 96.4 cm³/mol. The van der Waals surface area contributed by atoms with Gasteiger partial charge in [0.25, 0.3) is 5.91 Å². The second kappa shape index (κ2) is 8.59. The molecule has 28 heavy (non-hydrogen) atoms. The molecule has 0 spiro atoms. The lowest BCUT2D eigenvalue weighted by molar-refractivity contribution is -0.129. The van der Waals surface area contributed by atoms with Gasteiger partial charge in [-0.15, -0.1) is 0 Å². The Hall–Kier alpha value is -1.97. The smallest absolute Gasteiger partial charge is 0.319 e. The van der Waals surface area contributed by atoms with Crippen LogP contribution in [0.3, 0.4) is 0 Å². The maximum Gasteiger partial charge on any atom is 0.319 e. The highest BCUT2D eigenvalue weighted by Crippen LogP contribution is 2.31. The first-order valence-corrected chi connectivity index (χ1v) is 8.72. The number of amides is 1. The van der Waals surface area contributed by atoms with Gasteiger partial charge in [0.2, 0.25) is 0 Å². The van der Waals surface area contributed by atoms with E-state index < -0.39 is 31.2 Å². The molecule has 0 aromatic carbocycles. The number of carbonyl (C=O) groups is 1. The van der Waals surface area contributed by atoms with Crippen LogP contribution in [0.2, 0.25) is 5.15 Å². The molecule has 10 heteroatoms. The van der Waals surface area contributed by atoms with Gasteiger partial charge in [-0.1, -0.05) is 29.8 Å². The van der Waals surface area contributed by atoms with Crippen molar-refractivity contribution in [3.8, 4) is 0 Å². The second-order valence-electron chi connectivity index (χ2n) is 6.57. The van der Waals surface area contributed by atoms with Crippen LogP contribution in [0.1, 0.15) is 29.8 Å². The number of hydrogen-bond acceptors (Lipinski definition) is 4. The van der Waals surface area contributed by atoms with Gasteiger partial charge in [-0.05, 0) is 25.5 Å². The molecule has 2 rings (SSSR count). The Kier molecular flexibility index (Phi) is 6.84. The Bertz CT molecular complexity index is 801. The van der Waals surface area contributed by atoms with Crippen LogP contribution in [0.4, 0.5) is 17.6 Å². The van der Waals surface area contributed by atoms with Crippen LogP contribution in [-0.2, 0) is 6.54 Å². The van der Waals surface area contributed by atoms with E-state index in [9.17, 15) is 27.5 Å². The quantitative estimate of drug-likeness (QED) is 0.292. The Morgan fingerprint density at radius 3 is 2.71 bits per heavy atom. The number of carbonyl (C=O) groups excluding carboxylic acids is 1. The van der Waals surface area contributed by atoms with Crippen molar-refractivity contribution in [3.63, 3.8) is 0 Å². The summed E-state index contributed by atoms with van der Waals surface area (Å²) in [5.41, 5.74) is 1.48. The molecule has 1 aliphatic heterocycles. The Balaban J connectivity index is 2.23. The summed E-state index contributed by atoms with van der Waals surface area (Å²) in [5.74, 6) is -4.68. The molecule has 2 N–H and O–H groups in total. The number of aromatic nitrogens is 1. The minimum absolute atomic E-state index is 0.107. The summed E-state index contributed by atoms with van der Waals surface area (Å²) in [5, 5.41) is 12.5. The largest absolute Gasteiger partial charge is 0.375 e. The fourth-order valence-corrected chi connectivity index (χ4v) is 3.07. The van der Waals surface area contributed by atoms with Gasteiger partial charge < -0.3 is 10.0 Å². The van der Waals surface area contributed by atoms with Crippen LogP contribution in [0.25, 0.3) is 0 Å². The molecule has 1 aromatic heterocycles. The average molecular weight is 422 g/mol. The van der Waals surface area contributed by atoms with Crippen LogP contribution >= 0.6 is 11.6 Å². The molecule has 1 amide bonds. The number of pyridine rings is 1. The molecular formula is C18H20ClF4N3O2. The van der Waals surface area contributed by atoms with Crippen LogP contribution in [0.5, 0.6) is 0 Å². The minimum atomic E-state index is -4.31. The van der Waals surface area contributed by atoms with Gasteiger partial charge in [-0.2, -0.15) is 8.78 Å². The van der Waals surface area contributed by atoms with Gasteiger partial charge in [0, 0.05) is 17.3 Å². The van der Waals surface area contributed by atoms with Crippen LogP contribution in [0.15, 0.2) is 36.1 Å². The lowest BCUT2D eigenvalue weighted by atomic mass is 10.0. The third-order valence-electron chi connectivity index (χ3n) is 4.35. The first-order chi connectivity index (χ1) is 13.0. The van der Waals surface area contributed by atoms with Crippen molar-refractivity contribution < 1.29 is 27.5 Å². The number of rotatable bonds is 8. The molecule has 0 aliphatic carbocycles. The molecule has 2 heterocycles. The van der Waals surface area contributed by atoms with Gasteiger partial charge in [0.05, 0.1) is 19.1 Å². The number of aliphatic hydroxyl groups excluding tert-OH is 1. The Morgan fingerprint density at radius 2 is 2.18 bits per heavy atom. The summed E-state index contributed by atoms with van der Waals surface area (Å²) >= 11 is 6.03. The van der Waals surface area contributed by atoms with E-state index in [4.69, 9.17) is 11.6 Å². The topological polar surface area (TPSA) is 65.5 Å². The SMILES string of the molecule is C=C(C)/C=C(\C(O)NCC(F)(F)C(F)F)C(C)N1Cc2c(ccnc2Cl)C1=O. The normalized spacial score (nSPS) is 17.1. The third kappa shape index (κ3) is 4.71. The monoisotopic (exact) mass is 421 g/mol. The summed E-state index contributed by atoms with van der Waals surface area (Å²) in [4.78, 5) is 18.0. The fraction of sp³-hybridized carbons (Fsp3) is 0.444. The maximum absolute atomic E-state index is 13.2. The van der Waals surface area contributed by atoms with E-state index in [1.54, 1.807) is 13.8 Å². The van der Waals surface area contributed by atoms with E-state index in [0.29, 0.717) is 16.7 Å². The van der Waals surface area contributed by atoms with E-state index in [1.165, 1.54) is 23.2 Å². The van der Waals surface area contributed by atoms with E-state index in [1.807, 2.05) is 5.32 Å². The van der Waals surface area contributed by atoms with Crippen molar-refractivity contribution >= 4 is 17.5 Å². The first-order valence-electron chi connectivity index (χ1n) is 8.34. The Labute approximate surface area is 164 Å². The van der Waals surface area contributed by atoms with Crippen molar-refractivity contribution in [3.05, 3.63) is 52.3 Å². The minimum Gasteiger partial charge on any atom is -0.375 e. The first kappa shape index (κ1) is 22.3. The number of allylic oxidation sites excluding steroid dienone is 2. The molecule has 5 nitrogen and oxygen atoms in total. The Morgan fingerprint density at radius 1 is 1.54 bits per heavy atom. The number of nitrogens with zero attached hydrogens (tertiary/aromatic N) is 2. The van der Waals surface area contributed by atoms with E-state index >= 15 is 0 Å². The molecule has 0 saturated heterocycles. The molecule has 1 aliphatic rings. The predicted octanol–water partition coefficient (Wildman–Crippen LogP) is 3.39. The molecular weight excluding hydrogens is 402 g/mol. The lowest BCUT2D eigenvalue weighted by Crippen LogP contribution is -2.47. The summed E-state index contributed by atoms with van der Waals surface area (Å²) in [7, 11) is 0. The highest BCUT2D eigenvalue weighted by atomic mass is 35.5. The van der Waals surface area contributed by atoms with Crippen molar-refractivity contribution in [1.29, 1.82) is 0 Å². The zero-order chi connectivity index (χ0) is 21.2. The lowest BCUT2D eigenvalue weighted by Gasteiger charge is -2.30. The zero-order valence-electron chi connectivity index (χ0n) is 15.2. The standard InChI is InChI=1S/C18H20ClF4N3O2/c1-9(2)6-12(15(27)25-8-18(22,23)17(20)21)10(3)26-7-13-11(16(26)28)4-5-24-14(13)19/h4-6,10,15,17,25,27H,1,7-8H2,2-3H3/b12-6-. The molecule has 0 bridgehead atoms. The molecule has 0 saturated carbocycles. The van der Waals surface area contributed by atoms with Crippen LogP contribution in [-0.4, -0.2) is 52.1 Å². The van der Waals surface area contributed by atoms with Crippen molar-refractivity contribution in [1.82, 2.24) is 15.2 Å². The molecule has 2 atom stereocenters. The van der Waals surface area contributed by atoms with Gasteiger partial charge in [-0.3, -0.25) is 10.1 Å². The zero-order valence-corrected chi connectivity index (χ0v) is 16.0. The van der Waals surface area contributed by atoms with Gasteiger partial charge in [0.1, 0.15) is 11.4 Å². The number of hydrogen-bond donors (Lipinski definition) is 2. The van der Waals surface area contributed by atoms with Crippen molar-refractivity contribution in [2.75, 3.05) is 6.54 Å². The molecule has 0 radical (unpaired) electrons. The van der Waals surface area contributed by atoms with Crippen LogP contribution in [0, 0.1) is 0 Å². The maximum atomic E-state index is 13.2. The average Bonchev–Trinajstić information content (AvgIpc) is 2.95. The van der Waals surface area contributed by atoms with Gasteiger partial charge >= 0.3 is 12.3 Å². The number of fused-ring (bicyclic) bond motifs is 1. The highest BCUT2D eigenvalue weighted by molar-refractivity contribution is 6.30. The van der Waals surface area contributed by atoms with E-state index in [-0.39, 0.29) is 23.2 Å². The number of alkyl halides is 4. The third-order valence-corrected chi connectivity index (χ3v) is 4.68. The number of halogens is 5. The van der Waals surface area contributed by atoms with E-state index in [2.05, 4.69) is 11.6 Å².